The summed E-state index contributed by atoms with van der Waals surface area (Å²) in [4.78, 5) is 12.5. The van der Waals surface area contributed by atoms with E-state index in [0.29, 0.717) is 5.56 Å². The zero-order valence-corrected chi connectivity index (χ0v) is 14.6. The second kappa shape index (κ2) is 7.57. The van der Waals surface area contributed by atoms with Crippen molar-refractivity contribution in [2.75, 3.05) is 0 Å². The average Bonchev–Trinajstić information content (AvgIpc) is 2.61. The number of alkyl halides is 4. The smallest absolute Gasteiger partial charge is 0.338 e. The summed E-state index contributed by atoms with van der Waals surface area (Å²) < 4.78 is 59.7. The summed E-state index contributed by atoms with van der Waals surface area (Å²) in [6.45, 7) is 0. The van der Waals surface area contributed by atoms with E-state index in [2.05, 4.69) is 0 Å². The van der Waals surface area contributed by atoms with Crippen molar-refractivity contribution in [2.45, 2.75) is 69.3 Å². The van der Waals surface area contributed by atoms with Gasteiger partial charge in [0.2, 0.25) is 11.8 Å². The highest BCUT2D eigenvalue weighted by atomic mass is 19.3. The summed E-state index contributed by atoms with van der Waals surface area (Å²) in [6, 6.07) is 8.47. The van der Waals surface area contributed by atoms with Gasteiger partial charge in [-0.05, 0) is 49.7 Å². The molecule has 0 amide bonds. The molecule has 2 fully saturated rings. The van der Waals surface area contributed by atoms with Crippen LogP contribution in [0.4, 0.5) is 17.6 Å². The van der Waals surface area contributed by atoms with Crippen molar-refractivity contribution < 1.29 is 27.1 Å². The van der Waals surface area contributed by atoms with Crippen LogP contribution in [0.3, 0.4) is 0 Å². The molecule has 26 heavy (non-hydrogen) atoms. The quantitative estimate of drug-likeness (QED) is 0.489. The molecular weight excluding hydrogens is 348 g/mol. The predicted octanol–water partition coefficient (Wildman–Crippen LogP) is 5.86. The summed E-state index contributed by atoms with van der Waals surface area (Å²) in [7, 11) is 0. The fourth-order valence-corrected chi connectivity index (χ4v) is 4.13. The first-order valence-corrected chi connectivity index (χ1v) is 9.27. The summed E-state index contributed by atoms with van der Waals surface area (Å²) in [5.74, 6) is -6.25. The van der Waals surface area contributed by atoms with Crippen LogP contribution in [-0.2, 0) is 4.74 Å². The molecule has 0 spiro atoms. The van der Waals surface area contributed by atoms with Crippen molar-refractivity contribution in [3.8, 4) is 0 Å². The maximum Gasteiger partial charge on any atom is 0.338 e. The van der Waals surface area contributed by atoms with Crippen LogP contribution in [0.25, 0.3) is 0 Å². The Labute approximate surface area is 150 Å². The lowest BCUT2D eigenvalue weighted by molar-refractivity contribution is -0.0965. The van der Waals surface area contributed by atoms with Crippen molar-refractivity contribution in [1.82, 2.24) is 0 Å². The van der Waals surface area contributed by atoms with Crippen LogP contribution in [0.5, 0.6) is 0 Å². The second-order valence-corrected chi connectivity index (χ2v) is 7.62. The molecule has 0 radical (unpaired) electrons. The van der Waals surface area contributed by atoms with Gasteiger partial charge in [0.05, 0.1) is 5.56 Å². The normalized spacial score (nSPS) is 23.7. The molecule has 1 aromatic carbocycles. The van der Waals surface area contributed by atoms with Gasteiger partial charge in [-0.1, -0.05) is 18.2 Å². The van der Waals surface area contributed by atoms with Gasteiger partial charge in [0, 0.05) is 25.7 Å². The predicted molar refractivity (Wildman–Crippen MR) is 89.5 cm³/mol. The molecule has 2 nitrogen and oxygen atoms in total. The van der Waals surface area contributed by atoms with Crippen LogP contribution in [0.15, 0.2) is 30.3 Å². The van der Waals surface area contributed by atoms with Crippen LogP contribution in [0.2, 0.25) is 0 Å². The van der Waals surface area contributed by atoms with Crippen LogP contribution < -0.4 is 0 Å². The third kappa shape index (κ3) is 4.77. The van der Waals surface area contributed by atoms with Crippen LogP contribution in [0, 0.1) is 11.8 Å². The lowest BCUT2D eigenvalue weighted by Gasteiger charge is -2.40. The van der Waals surface area contributed by atoms with Gasteiger partial charge < -0.3 is 4.74 Å². The molecule has 0 atom stereocenters. The number of carbonyl (C=O) groups excluding carboxylic acids is 1. The molecule has 0 N–H and O–H groups in total. The lowest BCUT2D eigenvalue weighted by Crippen LogP contribution is -2.41. The van der Waals surface area contributed by atoms with Gasteiger partial charge in [0.1, 0.15) is 6.10 Å². The first kappa shape index (κ1) is 19.2. The Bertz CT molecular complexity index is 569. The van der Waals surface area contributed by atoms with Crippen LogP contribution in [0.1, 0.15) is 61.7 Å². The number of rotatable bonds is 4. The van der Waals surface area contributed by atoms with Crippen molar-refractivity contribution in [3.05, 3.63) is 35.9 Å². The van der Waals surface area contributed by atoms with Gasteiger partial charge >= 0.3 is 5.97 Å². The highest BCUT2D eigenvalue weighted by Gasteiger charge is 2.44. The number of benzene rings is 1. The molecular formula is C20H24F4O2. The Morgan fingerprint density at radius 2 is 1.27 bits per heavy atom. The summed E-state index contributed by atoms with van der Waals surface area (Å²) in [6.07, 6.45) is -0.493. The number of esters is 1. The summed E-state index contributed by atoms with van der Waals surface area (Å²) in [5, 5.41) is 0. The van der Waals surface area contributed by atoms with E-state index >= 15 is 0 Å². The number of carbonyl (C=O) groups is 1. The minimum Gasteiger partial charge on any atom is -0.458 e. The molecule has 0 aliphatic heterocycles. The van der Waals surface area contributed by atoms with Crippen LogP contribution in [-0.4, -0.2) is 23.9 Å². The molecule has 2 saturated carbocycles. The molecule has 1 aromatic rings. The largest absolute Gasteiger partial charge is 0.458 e. The first-order chi connectivity index (χ1) is 12.3. The van der Waals surface area contributed by atoms with Gasteiger partial charge in [0.15, 0.2) is 0 Å². The standard InChI is InChI=1S/C20H24F4O2/c21-19(22)10-6-14(7-11-19)17(15-8-12-20(23,24)13-9-15)26-18(25)16-4-2-1-3-5-16/h1-5,14-15,17H,6-13H2. The highest BCUT2D eigenvalue weighted by molar-refractivity contribution is 5.89. The highest BCUT2D eigenvalue weighted by Crippen LogP contribution is 2.44. The average molecular weight is 372 g/mol. The topological polar surface area (TPSA) is 26.3 Å². The fourth-order valence-electron chi connectivity index (χ4n) is 4.13. The van der Waals surface area contributed by atoms with Gasteiger partial charge in [-0.3, -0.25) is 0 Å². The molecule has 0 unspecified atom stereocenters. The van der Waals surface area contributed by atoms with E-state index in [1.165, 1.54) is 0 Å². The number of hydrogen-bond donors (Lipinski definition) is 0. The van der Waals surface area contributed by atoms with E-state index in [4.69, 9.17) is 4.74 Å². The van der Waals surface area contributed by atoms with Gasteiger partial charge in [0.25, 0.3) is 0 Å². The van der Waals surface area contributed by atoms with E-state index in [1.54, 1.807) is 30.3 Å². The number of halogens is 4. The number of ether oxygens (including phenoxy) is 1. The van der Waals surface area contributed by atoms with E-state index in [0.717, 1.165) is 0 Å². The van der Waals surface area contributed by atoms with E-state index in [9.17, 15) is 22.4 Å². The van der Waals surface area contributed by atoms with Crippen LogP contribution >= 0.6 is 0 Å². The minimum atomic E-state index is -2.68. The van der Waals surface area contributed by atoms with E-state index in [1.807, 2.05) is 0 Å². The third-order valence-electron chi connectivity index (χ3n) is 5.71. The molecule has 0 bridgehead atoms. The maximum atomic E-state index is 13.5. The Balaban J connectivity index is 1.72. The number of hydrogen-bond acceptors (Lipinski definition) is 2. The Hall–Kier alpha value is -1.59. The summed E-state index contributed by atoms with van der Waals surface area (Å²) in [5.41, 5.74) is 0.389. The van der Waals surface area contributed by atoms with Crippen molar-refractivity contribution >= 4 is 5.97 Å². The Kier molecular flexibility index (Phi) is 5.58. The minimum absolute atomic E-state index is 0.195. The molecule has 6 heteroatoms. The zero-order chi connectivity index (χ0) is 18.8. The molecule has 144 valence electrons. The Morgan fingerprint density at radius 1 is 0.846 bits per heavy atom. The Morgan fingerprint density at radius 3 is 1.69 bits per heavy atom. The SMILES string of the molecule is O=C(OC(C1CCC(F)(F)CC1)C1CCC(F)(F)CC1)c1ccccc1. The molecule has 0 saturated heterocycles. The first-order valence-electron chi connectivity index (χ1n) is 9.27. The third-order valence-corrected chi connectivity index (χ3v) is 5.71. The van der Waals surface area contributed by atoms with Crippen molar-refractivity contribution in [2.24, 2.45) is 11.8 Å². The van der Waals surface area contributed by atoms with Crippen molar-refractivity contribution in [1.29, 1.82) is 0 Å². The fraction of sp³-hybridized carbons (Fsp3) is 0.650. The molecule has 0 aromatic heterocycles. The molecule has 2 aliphatic carbocycles. The second-order valence-electron chi connectivity index (χ2n) is 7.62. The lowest BCUT2D eigenvalue weighted by atomic mass is 9.74. The van der Waals surface area contributed by atoms with E-state index < -0.39 is 23.9 Å². The molecule has 2 aliphatic rings. The zero-order valence-electron chi connectivity index (χ0n) is 14.6. The molecule has 0 heterocycles. The summed E-state index contributed by atoms with van der Waals surface area (Å²) >= 11 is 0. The van der Waals surface area contributed by atoms with E-state index in [-0.39, 0.29) is 63.2 Å². The molecule has 3 rings (SSSR count). The monoisotopic (exact) mass is 372 g/mol. The maximum absolute atomic E-state index is 13.5. The van der Waals surface area contributed by atoms with Gasteiger partial charge in [-0.15, -0.1) is 0 Å². The van der Waals surface area contributed by atoms with Crippen molar-refractivity contribution in [3.63, 3.8) is 0 Å². The van der Waals surface area contributed by atoms with Gasteiger partial charge in [-0.2, -0.15) is 0 Å². The van der Waals surface area contributed by atoms with Gasteiger partial charge in [-0.25, -0.2) is 22.4 Å².